The molecule has 2 aromatic rings. The van der Waals surface area contributed by atoms with Crippen molar-refractivity contribution in [2.75, 3.05) is 5.32 Å². The number of alkyl halides is 3. The minimum absolute atomic E-state index is 0.386. The molecule has 1 N–H and O–H groups in total. The normalized spacial score (nSPS) is 23.4. The van der Waals surface area contributed by atoms with Crippen LogP contribution in [0.25, 0.3) is 10.2 Å². The molecule has 1 aromatic carbocycles. The zero-order valence-corrected chi connectivity index (χ0v) is 12.5. The molecule has 1 heterocycles. The molecule has 2 unspecified atom stereocenters. The third-order valence-electron chi connectivity index (χ3n) is 3.98. The third-order valence-corrected chi connectivity index (χ3v) is 4.95. The fourth-order valence-corrected chi connectivity index (χ4v) is 3.83. The molecule has 21 heavy (non-hydrogen) atoms. The highest BCUT2D eigenvalue weighted by atomic mass is 32.1. The molecule has 0 bridgehead atoms. The highest BCUT2D eigenvalue weighted by Crippen LogP contribution is 2.35. The maximum atomic E-state index is 12.7. The van der Waals surface area contributed by atoms with Gasteiger partial charge in [0.05, 0.1) is 15.8 Å². The third kappa shape index (κ3) is 3.31. The largest absolute Gasteiger partial charge is 0.416 e. The Hall–Kier alpha value is -1.30. The Bertz CT molecular complexity index is 635. The van der Waals surface area contributed by atoms with E-state index in [0.29, 0.717) is 17.5 Å². The van der Waals surface area contributed by atoms with Gasteiger partial charge in [-0.2, -0.15) is 13.2 Å². The van der Waals surface area contributed by atoms with E-state index in [1.54, 1.807) is 0 Å². The first-order valence-electron chi connectivity index (χ1n) is 7.16. The number of anilines is 1. The van der Waals surface area contributed by atoms with E-state index in [4.69, 9.17) is 0 Å². The first-order chi connectivity index (χ1) is 9.91. The molecule has 1 aromatic heterocycles. The van der Waals surface area contributed by atoms with Crippen LogP contribution in [-0.2, 0) is 6.18 Å². The average molecular weight is 314 g/mol. The van der Waals surface area contributed by atoms with Crippen molar-refractivity contribution in [2.24, 2.45) is 5.92 Å². The van der Waals surface area contributed by atoms with Crippen LogP contribution in [0.5, 0.6) is 0 Å². The van der Waals surface area contributed by atoms with Crippen LogP contribution >= 0.6 is 11.3 Å². The number of nitrogens with one attached hydrogen (secondary N) is 1. The summed E-state index contributed by atoms with van der Waals surface area (Å²) in [7, 11) is 0. The van der Waals surface area contributed by atoms with Crippen LogP contribution in [0, 0.1) is 5.92 Å². The van der Waals surface area contributed by atoms with Crippen LogP contribution in [0.3, 0.4) is 0 Å². The van der Waals surface area contributed by atoms with E-state index in [9.17, 15) is 13.2 Å². The molecule has 1 aliphatic carbocycles. The summed E-state index contributed by atoms with van der Waals surface area (Å²) in [6.07, 6.45) is 0.344. The highest BCUT2D eigenvalue weighted by Gasteiger charge is 2.30. The molecule has 114 valence electrons. The van der Waals surface area contributed by atoms with Crippen molar-refractivity contribution < 1.29 is 13.2 Å². The van der Waals surface area contributed by atoms with E-state index in [2.05, 4.69) is 17.2 Å². The van der Waals surface area contributed by atoms with Gasteiger partial charge in [0.2, 0.25) is 0 Å². The Morgan fingerprint density at radius 3 is 2.81 bits per heavy atom. The minimum Gasteiger partial charge on any atom is -0.359 e. The van der Waals surface area contributed by atoms with Gasteiger partial charge in [-0.05, 0) is 37.0 Å². The molecule has 1 saturated carbocycles. The SMILES string of the molecule is CC1CCCC(Nc2nc3cc(C(F)(F)F)ccc3s2)C1. The number of nitrogens with zero attached hydrogens (tertiary/aromatic N) is 1. The first-order valence-corrected chi connectivity index (χ1v) is 7.98. The number of aromatic nitrogens is 1. The van der Waals surface area contributed by atoms with Gasteiger partial charge in [0.25, 0.3) is 0 Å². The van der Waals surface area contributed by atoms with E-state index in [0.717, 1.165) is 34.8 Å². The summed E-state index contributed by atoms with van der Waals surface area (Å²) in [5.74, 6) is 0.697. The highest BCUT2D eigenvalue weighted by molar-refractivity contribution is 7.22. The molecule has 3 rings (SSSR count). The zero-order valence-electron chi connectivity index (χ0n) is 11.7. The molecule has 0 amide bonds. The Kier molecular flexibility index (Phi) is 3.82. The van der Waals surface area contributed by atoms with Gasteiger partial charge in [0.15, 0.2) is 5.13 Å². The molecule has 0 aliphatic heterocycles. The summed E-state index contributed by atoms with van der Waals surface area (Å²) in [5, 5.41) is 4.11. The second-order valence-electron chi connectivity index (χ2n) is 5.81. The first kappa shape index (κ1) is 14.6. The number of halogens is 3. The fraction of sp³-hybridized carbons (Fsp3) is 0.533. The van der Waals surface area contributed by atoms with Crippen LogP contribution in [0.1, 0.15) is 38.2 Å². The molecule has 2 atom stereocenters. The average Bonchev–Trinajstić information content (AvgIpc) is 2.78. The number of fused-ring (bicyclic) bond motifs is 1. The molecule has 0 radical (unpaired) electrons. The predicted molar refractivity (Wildman–Crippen MR) is 79.7 cm³/mol. The second kappa shape index (κ2) is 5.48. The van der Waals surface area contributed by atoms with Crippen LogP contribution in [-0.4, -0.2) is 11.0 Å². The van der Waals surface area contributed by atoms with Crippen molar-refractivity contribution in [1.82, 2.24) is 4.98 Å². The monoisotopic (exact) mass is 314 g/mol. The lowest BCUT2D eigenvalue weighted by Crippen LogP contribution is -2.25. The maximum absolute atomic E-state index is 12.7. The van der Waals surface area contributed by atoms with Gasteiger partial charge in [0.1, 0.15) is 0 Å². The van der Waals surface area contributed by atoms with Crippen molar-refractivity contribution in [3.8, 4) is 0 Å². The molecule has 1 aliphatic rings. The molecular formula is C15H17F3N2S. The molecule has 2 nitrogen and oxygen atoms in total. The van der Waals surface area contributed by atoms with Crippen LogP contribution < -0.4 is 5.32 Å². The van der Waals surface area contributed by atoms with E-state index >= 15 is 0 Å². The van der Waals surface area contributed by atoms with Crippen molar-refractivity contribution in [2.45, 2.75) is 44.8 Å². The summed E-state index contributed by atoms with van der Waals surface area (Å²) >= 11 is 1.42. The number of benzene rings is 1. The predicted octanol–water partition coefficient (Wildman–Crippen LogP) is 5.31. The van der Waals surface area contributed by atoms with Crippen molar-refractivity contribution >= 4 is 26.7 Å². The van der Waals surface area contributed by atoms with Crippen LogP contribution in [0.2, 0.25) is 0 Å². The summed E-state index contributed by atoms with van der Waals surface area (Å²) in [6, 6.07) is 4.13. The van der Waals surface area contributed by atoms with Crippen molar-refractivity contribution in [3.05, 3.63) is 23.8 Å². The number of thiazole rings is 1. The van der Waals surface area contributed by atoms with Gasteiger partial charge in [-0.15, -0.1) is 0 Å². The lowest BCUT2D eigenvalue weighted by molar-refractivity contribution is -0.137. The Balaban J connectivity index is 1.81. The molecular weight excluding hydrogens is 297 g/mol. The standard InChI is InChI=1S/C15H17F3N2S/c1-9-3-2-4-11(7-9)19-14-20-12-8-10(15(16,17)18)5-6-13(12)21-14/h5-6,8-9,11H,2-4,7H2,1H3,(H,19,20). The van der Waals surface area contributed by atoms with Gasteiger partial charge in [0, 0.05) is 6.04 Å². The van der Waals surface area contributed by atoms with Gasteiger partial charge >= 0.3 is 6.18 Å². The molecule has 1 fully saturated rings. The number of hydrogen-bond acceptors (Lipinski definition) is 3. The minimum atomic E-state index is -4.32. The van der Waals surface area contributed by atoms with Gasteiger partial charge in [-0.25, -0.2) is 4.98 Å². The maximum Gasteiger partial charge on any atom is 0.416 e. The second-order valence-corrected chi connectivity index (χ2v) is 6.84. The molecule has 6 heteroatoms. The Morgan fingerprint density at radius 1 is 1.29 bits per heavy atom. The van der Waals surface area contributed by atoms with Crippen molar-refractivity contribution in [1.29, 1.82) is 0 Å². The van der Waals surface area contributed by atoms with Gasteiger partial charge < -0.3 is 5.32 Å². The zero-order chi connectivity index (χ0) is 15.0. The summed E-state index contributed by atoms with van der Waals surface area (Å²) in [6.45, 7) is 2.24. The topological polar surface area (TPSA) is 24.9 Å². The lowest BCUT2D eigenvalue weighted by Gasteiger charge is -2.27. The summed E-state index contributed by atoms with van der Waals surface area (Å²) in [5.41, 5.74) is -0.223. The van der Waals surface area contributed by atoms with Crippen LogP contribution in [0.15, 0.2) is 18.2 Å². The summed E-state index contributed by atoms with van der Waals surface area (Å²) in [4.78, 5) is 4.31. The smallest absolute Gasteiger partial charge is 0.359 e. The Morgan fingerprint density at radius 2 is 2.10 bits per heavy atom. The number of hydrogen-bond donors (Lipinski definition) is 1. The summed E-state index contributed by atoms with van der Waals surface area (Å²) < 4.78 is 38.9. The Labute approximate surface area is 125 Å². The van der Waals surface area contributed by atoms with E-state index in [1.165, 1.54) is 30.2 Å². The van der Waals surface area contributed by atoms with E-state index in [-0.39, 0.29) is 0 Å². The molecule has 0 spiro atoms. The van der Waals surface area contributed by atoms with Crippen molar-refractivity contribution in [3.63, 3.8) is 0 Å². The molecule has 0 saturated heterocycles. The fourth-order valence-electron chi connectivity index (χ4n) is 2.91. The quantitative estimate of drug-likeness (QED) is 0.813. The van der Waals surface area contributed by atoms with Gasteiger partial charge in [-0.3, -0.25) is 0 Å². The lowest BCUT2D eigenvalue weighted by atomic mass is 9.87. The number of rotatable bonds is 2. The van der Waals surface area contributed by atoms with Gasteiger partial charge in [-0.1, -0.05) is 31.1 Å². The van der Waals surface area contributed by atoms with E-state index < -0.39 is 11.7 Å². The van der Waals surface area contributed by atoms with Crippen LogP contribution in [0.4, 0.5) is 18.3 Å². The van der Waals surface area contributed by atoms with E-state index in [1.807, 2.05) is 0 Å².